The van der Waals surface area contributed by atoms with Crippen LogP contribution in [0.5, 0.6) is 0 Å². The highest BCUT2D eigenvalue weighted by Crippen LogP contribution is 2.17. The lowest BCUT2D eigenvalue weighted by atomic mass is 10.2. The van der Waals surface area contributed by atoms with Crippen LogP contribution in [0.1, 0.15) is 39.0 Å². The molecule has 1 rings (SSSR count). The molecule has 3 nitrogen and oxygen atoms in total. The zero-order chi connectivity index (χ0) is 10.4. The third kappa shape index (κ3) is 3.50. The molecule has 14 heavy (non-hydrogen) atoms. The molecule has 1 saturated carbocycles. The van der Waals surface area contributed by atoms with Crippen LogP contribution in [0.2, 0.25) is 0 Å². The molecule has 0 aromatic rings. The van der Waals surface area contributed by atoms with Crippen molar-refractivity contribution in [1.29, 1.82) is 0 Å². The van der Waals surface area contributed by atoms with E-state index in [1.165, 1.54) is 25.7 Å². The van der Waals surface area contributed by atoms with Crippen LogP contribution in [0.15, 0.2) is 11.6 Å². The van der Waals surface area contributed by atoms with E-state index in [2.05, 4.69) is 5.32 Å². The number of hydrogen-bond acceptors (Lipinski definition) is 2. The second-order valence-electron chi connectivity index (χ2n) is 3.78. The Morgan fingerprint density at radius 3 is 2.64 bits per heavy atom. The fraction of sp³-hybridized carbons (Fsp3) is 0.727. The summed E-state index contributed by atoms with van der Waals surface area (Å²) in [6.07, 6.45) is 7.48. The van der Waals surface area contributed by atoms with E-state index >= 15 is 0 Å². The normalized spacial score (nSPS) is 18.8. The Morgan fingerprint density at radius 2 is 2.14 bits per heavy atom. The number of carboxylic acid groups (broad SMARTS) is 1. The molecule has 0 atom stereocenters. The van der Waals surface area contributed by atoms with Crippen LogP contribution in [-0.4, -0.2) is 23.7 Å². The average Bonchev–Trinajstić information content (AvgIpc) is 2.64. The standard InChI is InChI=1S/C11H19NO2/c1-2-9(11(13)14)7-8-12-10-5-3-4-6-10/h7,10,12H,2-6,8H2,1H3,(H,13,14). The molecular formula is C11H19NO2. The van der Waals surface area contributed by atoms with Gasteiger partial charge in [-0.2, -0.15) is 0 Å². The lowest BCUT2D eigenvalue weighted by Crippen LogP contribution is -2.26. The van der Waals surface area contributed by atoms with E-state index in [4.69, 9.17) is 5.11 Å². The van der Waals surface area contributed by atoms with Gasteiger partial charge >= 0.3 is 5.97 Å². The maximum atomic E-state index is 10.7. The molecule has 0 amide bonds. The highest BCUT2D eigenvalue weighted by atomic mass is 16.4. The molecule has 1 aliphatic carbocycles. The second-order valence-corrected chi connectivity index (χ2v) is 3.78. The van der Waals surface area contributed by atoms with Crippen molar-refractivity contribution in [3.05, 3.63) is 11.6 Å². The molecule has 2 N–H and O–H groups in total. The Kier molecular flexibility index (Phi) is 4.66. The van der Waals surface area contributed by atoms with Crippen LogP contribution in [0.4, 0.5) is 0 Å². The number of carbonyl (C=O) groups is 1. The average molecular weight is 197 g/mol. The molecule has 0 aliphatic heterocycles. The molecule has 0 bridgehead atoms. The quantitative estimate of drug-likeness (QED) is 0.662. The Labute approximate surface area is 85.2 Å². The Morgan fingerprint density at radius 1 is 1.50 bits per heavy atom. The van der Waals surface area contributed by atoms with Crippen molar-refractivity contribution in [1.82, 2.24) is 5.32 Å². The third-order valence-corrected chi connectivity index (χ3v) is 2.77. The van der Waals surface area contributed by atoms with E-state index in [0.29, 0.717) is 24.6 Å². The zero-order valence-corrected chi connectivity index (χ0v) is 8.75. The van der Waals surface area contributed by atoms with Crippen LogP contribution in [0, 0.1) is 0 Å². The molecule has 0 heterocycles. The van der Waals surface area contributed by atoms with Crippen molar-refractivity contribution in [2.24, 2.45) is 0 Å². The SMILES string of the molecule is CCC(=CCNC1CCCC1)C(=O)O. The maximum Gasteiger partial charge on any atom is 0.331 e. The fourth-order valence-electron chi connectivity index (χ4n) is 1.86. The molecule has 0 saturated heterocycles. The number of hydrogen-bond donors (Lipinski definition) is 2. The molecule has 0 aromatic heterocycles. The van der Waals surface area contributed by atoms with E-state index in [1.807, 2.05) is 6.92 Å². The summed E-state index contributed by atoms with van der Waals surface area (Å²) in [5, 5.41) is 12.1. The van der Waals surface area contributed by atoms with Gasteiger partial charge in [-0.1, -0.05) is 25.8 Å². The zero-order valence-electron chi connectivity index (χ0n) is 8.75. The van der Waals surface area contributed by atoms with Crippen molar-refractivity contribution in [2.45, 2.75) is 45.1 Å². The first-order valence-corrected chi connectivity index (χ1v) is 5.39. The maximum absolute atomic E-state index is 10.7. The molecule has 0 unspecified atom stereocenters. The third-order valence-electron chi connectivity index (χ3n) is 2.77. The van der Waals surface area contributed by atoms with E-state index in [-0.39, 0.29) is 0 Å². The molecule has 1 aliphatic rings. The van der Waals surface area contributed by atoms with Gasteiger partial charge in [0.05, 0.1) is 0 Å². The topological polar surface area (TPSA) is 49.3 Å². The van der Waals surface area contributed by atoms with Gasteiger partial charge in [-0.05, 0) is 19.3 Å². The van der Waals surface area contributed by atoms with Crippen molar-refractivity contribution < 1.29 is 9.90 Å². The van der Waals surface area contributed by atoms with Gasteiger partial charge in [0, 0.05) is 18.2 Å². The summed E-state index contributed by atoms with van der Waals surface area (Å²) in [6.45, 7) is 2.57. The largest absolute Gasteiger partial charge is 0.478 e. The minimum absolute atomic E-state index is 0.510. The van der Waals surface area contributed by atoms with Gasteiger partial charge in [-0.3, -0.25) is 0 Å². The van der Waals surface area contributed by atoms with Crippen molar-refractivity contribution >= 4 is 5.97 Å². The molecular weight excluding hydrogens is 178 g/mol. The molecule has 0 spiro atoms. The summed E-state index contributed by atoms with van der Waals surface area (Å²) >= 11 is 0. The monoisotopic (exact) mass is 197 g/mol. The molecule has 0 aromatic carbocycles. The Hall–Kier alpha value is -0.830. The summed E-state index contributed by atoms with van der Waals surface area (Å²) in [5.74, 6) is -0.791. The number of carboxylic acids is 1. The van der Waals surface area contributed by atoms with E-state index in [9.17, 15) is 4.79 Å². The number of aliphatic carboxylic acids is 1. The molecule has 1 fully saturated rings. The number of nitrogens with one attached hydrogen (secondary N) is 1. The van der Waals surface area contributed by atoms with Crippen LogP contribution < -0.4 is 5.32 Å². The van der Waals surface area contributed by atoms with E-state index in [0.717, 1.165) is 0 Å². The first-order valence-electron chi connectivity index (χ1n) is 5.39. The Balaban J connectivity index is 2.26. The van der Waals surface area contributed by atoms with E-state index < -0.39 is 5.97 Å². The summed E-state index contributed by atoms with van der Waals surface area (Å²) in [6, 6.07) is 0.609. The van der Waals surface area contributed by atoms with Crippen LogP contribution in [-0.2, 0) is 4.79 Å². The first kappa shape index (κ1) is 11.2. The fourth-order valence-corrected chi connectivity index (χ4v) is 1.86. The summed E-state index contributed by atoms with van der Waals surface area (Å²) in [7, 11) is 0. The Bertz CT molecular complexity index is 217. The molecule has 3 heteroatoms. The second kappa shape index (κ2) is 5.81. The van der Waals surface area contributed by atoms with Gasteiger partial charge in [-0.15, -0.1) is 0 Å². The minimum atomic E-state index is -0.791. The highest BCUT2D eigenvalue weighted by molar-refractivity contribution is 5.86. The van der Waals surface area contributed by atoms with Crippen LogP contribution >= 0.6 is 0 Å². The van der Waals surface area contributed by atoms with Crippen molar-refractivity contribution in [2.75, 3.05) is 6.54 Å². The lowest BCUT2D eigenvalue weighted by molar-refractivity contribution is -0.132. The lowest BCUT2D eigenvalue weighted by Gasteiger charge is -2.09. The predicted octanol–water partition coefficient (Wildman–Crippen LogP) is 1.94. The van der Waals surface area contributed by atoms with Gasteiger partial charge in [0.15, 0.2) is 0 Å². The summed E-state index contributed by atoms with van der Waals surface area (Å²) in [5.41, 5.74) is 0.510. The predicted molar refractivity (Wildman–Crippen MR) is 56.3 cm³/mol. The molecule has 0 radical (unpaired) electrons. The van der Waals surface area contributed by atoms with Gasteiger partial charge in [0.25, 0.3) is 0 Å². The van der Waals surface area contributed by atoms with Gasteiger partial charge < -0.3 is 10.4 Å². The summed E-state index contributed by atoms with van der Waals surface area (Å²) < 4.78 is 0. The van der Waals surface area contributed by atoms with Gasteiger partial charge in [-0.25, -0.2) is 4.79 Å². The number of rotatable bonds is 5. The van der Waals surface area contributed by atoms with Crippen LogP contribution in [0.3, 0.4) is 0 Å². The summed E-state index contributed by atoms with van der Waals surface area (Å²) in [4.78, 5) is 10.7. The van der Waals surface area contributed by atoms with Crippen molar-refractivity contribution in [3.8, 4) is 0 Å². The van der Waals surface area contributed by atoms with Crippen molar-refractivity contribution in [3.63, 3.8) is 0 Å². The van der Waals surface area contributed by atoms with E-state index in [1.54, 1.807) is 6.08 Å². The highest BCUT2D eigenvalue weighted by Gasteiger charge is 2.13. The smallest absolute Gasteiger partial charge is 0.331 e. The van der Waals surface area contributed by atoms with Gasteiger partial charge in [0.1, 0.15) is 0 Å². The first-order chi connectivity index (χ1) is 6.74. The van der Waals surface area contributed by atoms with Crippen LogP contribution in [0.25, 0.3) is 0 Å². The minimum Gasteiger partial charge on any atom is -0.478 e. The van der Waals surface area contributed by atoms with Gasteiger partial charge in [0.2, 0.25) is 0 Å². The molecule has 80 valence electrons.